The molecule has 0 spiro atoms. The highest BCUT2D eigenvalue weighted by Crippen LogP contribution is 2.07. The van der Waals surface area contributed by atoms with Gasteiger partial charge in [0.05, 0.1) is 5.82 Å². The van der Waals surface area contributed by atoms with Crippen molar-refractivity contribution >= 4 is 0 Å². The third kappa shape index (κ3) is 4.48. The van der Waals surface area contributed by atoms with Crippen molar-refractivity contribution in [2.75, 3.05) is 6.54 Å². The van der Waals surface area contributed by atoms with Gasteiger partial charge in [-0.25, -0.2) is 0 Å². The second kappa shape index (κ2) is 4.83. The first-order valence-corrected chi connectivity index (χ1v) is 3.97. The van der Waals surface area contributed by atoms with Gasteiger partial charge in [-0.1, -0.05) is 20.4 Å². The summed E-state index contributed by atoms with van der Waals surface area (Å²) in [5, 5.41) is 3.01. The molecule has 0 saturated heterocycles. The predicted molar refractivity (Wildman–Crippen MR) is 49.9 cm³/mol. The summed E-state index contributed by atoms with van der Waals surface area (Å²) in [6, 6.07) is 0. The fraction of sp³-hybridized carbons (Fsp3) is 0.556. The fourth-order valence-electron chi connectivity index (χ4n) is 0.622. The molecule has 0 amide bonds. The minimum Gasteiger partial charge on any atom is -0.386 e. The Labute approximate surface area is 69.2 Å². The summed E-state index contributed by atoms with van der Waals surface area (Å²) in [5.41, 5.74) is 6.67. The molecule has 0 aromatic heterocycles. The zero-order chi connectivity index (χ0) is 8.85. The monoisotopic (exact) mass is 154 g/mol. The molecule has 0 saturated carbocycles. The van der Waals surface area contributed by atoms with Gasteiger partial charge in [0.2, 0.25) is 0 Å². The van der Waals surface area contributed by atoms with Gasteiger partial charge in [0.25, 0.3) is 0 Å². The summed E-state index contributed by atoms with van der Waals surface area (Å²) in [7, 11) is 0. The first-order chi connectivity index (χ1) is 5.07. The Hall–Kier alpha value is -0.920. The van der Waals surface area contributed by atoms with Crippen molar-refractivity contribution in [3.05, 3.63) is 24.0 Å². The van der Waals surface area contributed by atoms with Crippen LogP contribution in [0.2, 0.25) is 0 Å². The van der Waals surface area contributed by atoms with Gasteiger partial charge in [-0.05, 0) is 24.5 Å². The van der Waals surface area contributed by atoms with E-state index in [4.69, 9.17) is 5.73 Å². The van der Waals surface area contributed by atoms with Gasteiger partial charge in [-0.15, -0.1) is 0 Å². The third-order valence-electron chi connectivity index (χ3n) is 1.46. The van der Waals surface area contributed by atoms with E-state index in [-0.39, 0.29) is 0 Å². The Morgan fingerprint density at radius 3 is 2.55 bits per heavy atom. The molecule has 11 heavy (non-hydrogen) atoms. The van der Waals surface area contributed by atoms with Crippen LogP contribution in [0.5, 0.6) is 0 Å². The summed E-state index contributed by atoms with van der Waals surface area (Å²) >= 11 is 0. The molecule has 64 valence electrons. The maximum absolute atomic E-state index is 5.61. The molecule has 0 aliphatic heterocycles. The minimum atomic E-state index is 0.465. The third-order valence-corrected chi connectivity index (χ3v) is 1.46. The average molecular weight is 154 g/mol. The SMILES string of the molecule is C=C(/C=C(\N)NCC)C(C)C. The first-order valence-electron chi connectivity index (χ1n) is 3.97. The topological polar surface area (TPSA) is 38.0 Å². The normalized spacial score (nSPS) is 11.8. The van der Waals surface area contributed by atoms with Crippen molar-refractivity contribution in [3.8, 4) is 0 Å². The van der Waals surface area contributed by atoms with Gasteiger partial charge < -0.3 is 11.1 Å². The highest BCUT2D eigenvalue weighted by molar-refractivity contribution is 5.19. The Kier molecular flexibility index (Phi) is 4.42. The lowest BCUT2D eigenvalue weighted by Gasteiger charge is -2.06. The number of nitrogens with two attached hydrogens (primary N) is 1. The lowest BCUT2D eigenvalue weighted by Crippen LogP contribution is -2.19. The van der Waals surface area contributed by atoms with E-state index in [1.165, 1.54) is 0 Å². The maximum atomic E-state index is 5.61. The summed E-state index contributed by atoms with van der Waals surface area (Å²) in [6.45, 7) is 10.9. The van der Waals surface area contributed by atoms with E-state index in [1.54, 1.807) is 0 Å². The molecule has 0 heterocycles. The highest BCUT2D eigenvalue weighted by Gasteiger charge is 1.96. The smallest absolute Gasteiger partial charge is 0.0962 e. The van der Waals surface area contributed by atoms with Crippen LogP contribution in [0.1, 0.15) is 20.8 Å². The van der Waals surface area contributed by atoms with Crippen LogP contribution in [0.4, 0.5) is 0 Å². The number of hydrogen-bond acceptors (Lipinski definition) is 2. The second-order valence-corrected chi connectivity index (χ2v) is 2.86. The van der Waals surface area contributed by atoms with Crippen LogP contribution in [0, 0.1) is 5.92 Å². The molecule has 2 nitrogen and oxygen atoms in total. The molecule has 0 radical (unpaired) electrons. The molecule has 0 fully saturated rings. The summed E-state index contributed by atoms with van der Waals surface area (Å²) < 4.78 is 0. The fourth-order valence-corrected chi connectivity index (χ4v) is 0.622. The number of nitrogens with one attached hydrogen (secondary N) is 1. The van der Waals surface area contributed by atoms with Crippen LogP contribution in [0.3, 0.4) is 0 Å². The van der Waals surface area contributed by atoms with Crippen LogP contribution < -0.4 is 11.1 Å². The van der Waals surface area contributed by atoms with E-state index in [9.17, 15) is 0 Å². The van der Waals surface area contributed by atoms with Gasteiger partial charge in [-0.2, -0.15) is 0 Å². The van der Waals surface area contributed by atoms with E-state index < -0.39 is 0 Å². The zero-order valence-electron chi connectivity index (χ0n) is 7.65. The van der Waals surface area contributed by atoms with Crippen LogP contribution in [0.25, 0.3) is 0 Å². The molecular formula is C9H18N2. The van der Waals surface area contributed by atoms with E-state index in [0.29, 0.717) is 11.7 Å². The van der Waals surface area contributed by atoms with Crippen LogP contribution >= 0.6 is 0 Å². The Balaban J connectivity index is 3.97. The molecule has 2 heteroatoms. The summed E-state index contributed by atoms with van der Waals surface area (Å²) in [5.74, 6) is 1.17. The van der Waals surface area contributed by atoms with E-state index in [2.05, 4.69) is 25.7 Å². The van der Waals surface area contributed by atoms with Crippen LogP contribution in [0.15, 0.2) is 24.0 Å². The van der Waals surface area contributed by atoms with Gasteiger partial charge in [0, 0.05) is 6.54 Å². The molecule has 0 bridgehead atoms. The molecule has 0 aliphatic carbocycles. The van der Waals surface area contributed by atoms with Crippen LogP contribution in [-0.4, -0.2) is 6.54 Å². The molecule has 0 rings (SSSR count). The van der Waals surface area contributed by atoms with E-state index >= 15 is 0 Å². The van der Waals surface area contributed by atoms with E-state index in [0.717, 1.165) is 12.1 Å². The standard InChI is InChI=1S/C9H18N2/c1-5-11-9(10)6-8(4)7(2)3/h6-7,11H,4-5,10H2,1-3H3/b9-6+. The van der Waals surface area contributed by atoms with Crippen molar-refractivity contribution in [3.63, 3.8) is 0 Å². The second-order valence-electron chi connectivity index (χ2n) is 2.86. The predicted octanol–water partition coefficient (Wildman–Crippen LogP) is 1.61. The summed E-state index contributed by atoms with van der Waals surface area (Å²) in [6.07, 6.45) is 1.88. The van der Waals surface area contributed by atoms with Gasteiger partial charge >= 0.3 is 0 Å². The van der Waals surface area contributed by atoms with Crippen LogP contribution in [-0.2, 0) is 0 Å². The van der Waals surface area contributed by atoms with Crippen molar-refractivity contribution in [2.24, 2.45) is 11.7 Å². The lowest BCUT2D eigenvalue weighted by atomic mass is 10.1. The molecule has 3 N–H and O–H groups in total. The molecule has 0 aromatic carbocycles. The molecule has 0 atom stereocenters. The maximum Gasteiger partial charge on any atom is 0.0962 e. The van der Waals surface area contributed by atoms with Crippen molar-refractivity contribution in [1.29, 1.82) is 0 Å². The van der Waals surface area contributed by atoms with Crippen molar-refractivity contribution in [1.82, 2.24) is 5.32 Å². The molecule has 0 unspecified atom stereocenters. The first kappa shape index (κ1) is 10.1. The Bertz CT molecular complexity index is 157. The largest absolute Gasteiger partial charge is 0.386 e. The quantitative estimate of drug-likeness (QED) is 0.604. The lowest BCUT2D eigenvalue weighted by molar-refractivity contribution is 0.779. The number of hydrogen-bond donors (Lipinski definition) is 2. The van der Waals surface area contributed by atoms with E-state index in [1.807, 2.05) is 13.0 Å². The van der Waals surface area contributed by atoms with Crippen molar-refractivity contribution in [2.45, 2.75) is 20.8 Å². The molecule has 0 aromatic rings. The van der Waals surface area contributed by atoms with Gasteiger partial charge in [0.1, 0.15) is 0 Å². The zero-order valence-corrected chi connectivity index (χ0v) is 7.65. The highest BCUT2D eigenvalue weighted by atomic mass is 15.0. The molecule has 0 aliphatic rings. The van der Waals surface area contributed by atoms with Crippen molar-refractivity contribution < 1.29 is 0 Å². The van der Waals surface area contributed by atoms with Gasteiger partial charge in [0.15, 0.2) is 0 Å². The Morgan fingerprint density at radius 1 is 1.64 bits per heavy atom. The average Bonchev–Trinajstić information content (AvgIpc) is 1.87. The number of rotatable bonds is 4. The van der Waals surface area contributed by atoms with Gasteiger partial charge in [-0.3, -0.25) is 0 Å². The minimum absolute atomic E-state index is 0.465. The summed E-state index contributed by atoms with van der Waals surface area (Å²) in [4.78, 5) is 0. The molecular weight excluding hydrogens is 136 g/mol. The Morgan fingerprint density at radius 2 is 2.18 bits per heavy atom. The number of allylic oxidation sites excluding steroid dienone is 2.